The number of nitrogens with zero attached hydrogens (tertiary/aromatic N) is 2. The van der Waals surface area contributed by atoms with Crippen LogP contribution in [0.25, 0.3) is 0 Å². The van der Waals surface area contributed by atoms with E-state index in [0.717, 1.165) is 76.7 Å². The maximum absolute atomic E-state index is 13.7. The van der Waals surface area contributed by atoms with Crippen LogP contribution in [0.2, 0.25) is 0 Å². The average molecular weight is 535 g/mol. The van der Waals surface area contributed by atoms with Crippen LogP contribution in [0.4, 0.5) is 4.39 Å². The van der Waals surface area contributed by atoms with E-state index in [4.69, 9.17) is 9.47 Å². The lowest BCUT2D eigenvalue weighted by Crippen LogP contribution is -2.35. The average Bonchev–Trinajstić information content (AvgIpc) is 3.01. The van der Waals surface area contributed by atoms with E-state index in [1.807, 2.05) is 74.4 Å². The highest BCUT2D eigenvalue weighted by atomic mass is 19.1. The molecular weight excluding hydrogens is 475 g/mol. The van der Waals surface area contributed by atoms with E-state index in [1.165, 1.54) is 11.1 Å². The topological polar surface area (TPSA) is 24.9 Å². The molecule has 0 bridgehead atoms. The molecule has 4 rings (SSSR count). The van der Waals surface area contributed by atoms with Gasteiger partial charge in [0.25, 0.3) is 0 Å². The first kappa shape index (κ1) is 38.4. The lowest BCUT2D eigenvalue weighted by molar-refractivity contribution is 0.0337. The Morgan fingerprint density at radius 1 is 0.632 bits per heavy atom. The first-order valence-corrected chi connectivity index (χ1v) is 15.1. The number of aryl methyl sites for hydroxylation is 2. The fourth-order valence-electron chi connectivity index (χ4n) is 3.65. The molecule has 220 valence electrons. The van der Waals surface area contributed by atoms with E-state index >= 15 is 0 Å². The Morgan fingerprint density at radius 3 is 1.47 bits per heavy atom. The predicted molar refractivity (Wildman–Crippen MR) is 165 cm³/mol. The molecule has 0 unspecified atom stereocenters. The fraction of sp³-hybridized carbons (Fsp3) is 0.636. The van der Waals surface area contributed by atoms with Gasteiger partial charge in [0.15, 0.2) is 0 Å². The molecule has 2 aromatic rings. The van der Waals surface area contributed by atoms with Gasteiger partial charge in [0, 0.05) is 44.8 Å². The van der Waals surface area contributed by atoms with Gasteiger partial charge in [-0.2, -0.15) is 0 Å². The predicted octanol–water partition coefficient (Wildman–Crippen LogP) is 8.15. The summed E-state index contributed by atoms with van der Waals surface area (Å²) in [7, 11) is 0. The zero-order valence-corrected chi connectivity index (χ0v) is 26.4. The van der Waals surface area contributed by atoms with Crippen molar-refractivity contribution in [3.63, 3.8) is 0 Å². The molecule has 0 N–H and O–H groups in total. The summed E-state index contributed by atoms with van der Waals surface area (Å²) in [6.45, 7) is 29.1. The third-order valence-electron chi connectivity index (χ3n) is 5.65. The minimum Gasteiger partial charge on any atom is -0.379 e. The maximum Gasteiger partial charge on any atom is 0.127 e. The zero-order valence-electron chi connectivity index (χ0n) is 26.4. The van der Waals surface area contributed by atoms with Gasteiger partial charge in [0.1, 0.15) is 5.82 Å². The minimum atomic E-state index is -0.0779. The smallest absolute Gasteiger partial charge is 0.127 e. The molecule has 0 aliphatic carbocycles. The van der Waals surface area contributed by atoms with Crippen molar-refractivity contribution in [3.05, 3.63) is 70.5 Å². The monoisotopic (exact) mass is 534 g/mol. The number of morpholine rings is 2. The van der Waals surface area contributed by atoms with Crippen LogP contribution in [-0.4, -0.2) is 62.4 Å². The quantitative estimate of drug-likeness (QED) is 0.386. The molecule has 5 heteroatoms. The van der Waals surface area contributed by atoms with Gasteiger partial charge in [0.2, 0.25) is 0 Å². The van der Waals surface area contributed by atoms with Gasteiger partial charge in [-0.1, -0.05) is 104 Å². The lowest BCUT2D eigenvalue weighted by atomic mass is 10.1. The number of hydrogen-bond donors (Lipinski definition) is 0. The largest absolute Gasteiger partial charge is 0.379 e. The van der Waals surface area contributed by atoms with E-state index < -0.39 is 0 Å². The molecule has 2 heterocycles. The van der Waals surface area contributed by atoms with Crippen molar-refractivity contribution < 1.29 is 13.9 Å². The molecule has 0 saturated carbocycles. The second-order valence-corrected chi connectivity index (χ2v) is 8.04. The first-order valence-electron chi connectivity index (χ1n) is 15.1. The van der Waals surface area contributed by atoms with Crippen LogP contribution in [0, 0.1) is 12.7 Å². The van der Waals surface area contributed by atoms with Gasteiger partial charge >= 0.3 is 0 Å². The van der Waals surface area contributed by atoms with E-state index in [1.54, 1.807) is 6.07 Å². The molecule has 38 heavy (non-hydrogen) atoms. The molecule has 0 amide bonds. The minimum absolute atomic E-state index is 0.0779. The van der Waals surface area contributed by atoms with Gasteiger partial charge in [-0.3, -0.25) is 9.80 Å². The number of rotatable bonds is 5. The van der Waals surface area contributed by atoms with Gasteiger partial charge in [-0.05, 0) is 30.5 Å². The molecule has 2 fully saturated rings. The third kappa shape index (κ3) is 16.9. The zero-order chi connectivity index (χ0) is 29.2. The van der Waals surface area contributed by atoms with Crippen molar-refractivity contribution in [2.45, 2.75) is 88.7 Å². The summed E-state index contributed by atoms with van der Waals surface area (Å²) in [5.74, 6) is -0.0779. The Labute approximate surface area is 235 Å². The Bertz CT molecular complexity index is 756. The van der Waals surface area contributed by atoms with E-state index in [0.29, 0.717) is 6.54 Å². The SMILES string of the molecule is CC.CC.CC.CC.CCc1ccc(CN2CCOCC2)c(F)c1.Cc1ccc(CN2CCOCC2)cc1. The van der Waals surface area contributed by atoms with Crippen molar-refractivity contribution in [1.82, 2.24) is 9.80 Å². The molecule has 2 aliphatic heterocycles. The highest BCUT2D eigenvalue weighted by molar-refractivity contribution is 5.24. The summed E-state index contributed by atoms with van der Waals surface area (Å²) in [6, 6.07) is 14.3. The molecule has 0 radical (unpaired) electrons. The summed E-state index contributed by atoms with van der Waals surface area (Å²) in [6.07, 6.45) is 0.884. The molecule has 0 spiro atoms. The Kier molecular flexibility index (Phi) is 27.1. The van der Waals surface area contributed by atoms with Crippen LogP contribution in [0.1, 0.15) is 84.6 Å². The highest BCUT2D eigenvalue weighted by Gasteiger charge is 2.13. The van der Waals surface area contributed by atoms with Crippen LogP contribution in [0.5, 0.6) is 0 Å². The van der Waals surface area contributed by atoms with Gasteiger partial charge < -0.3 is 9.47 Å². The van der Waals surface area contributed by atoms with Gasteiger partial charge in [-0.25, -0.2) is 4.39 Å². The van der Waals surface area contributed by atoms with Crippen molar-refractivity contribution in [1.29, 1.82) is 0 Å². The first-order chi connectivity index (χ1) is 18.6. The highest BCUT2D eigenvalue weighted by Crippen LogP contribution is 2.14. The summed E-state index contributed by atoms with van der Waals surface area (Å²) >= 11 is 0. The standard InChI is InChI=1S/C13H18FNO.C12H17NO.4C2H6/c1-2-11-3-4-12(13(14)9-11)10-15-5-7-16-8-6-15;1-11-2-4-12(5-3-11)10-13-6-8-14-9-7-13;4*1-2/h3-4,9H,2,5-8,10H2,1H3;2-5H,6-10H2,1H3;4*1-2H3. The van der Waals surface area contributed by atoms with Crippen LogP contribution < -0.4 is 0 Å². The van der Waals surface area contributed by atoms with Gasteiger partial charge in [-0.15, -0.1) is 0 Å². The normalized spacial score (nSPS) is 14.8. The number of halogens is 1. The van der Waals surface area contributed by atoms with Crippen LogP contribution in [0.3, 0.4) is 0 Å². The summed E-state index contributed by atoms with van der Waals surface area (Å²) in [5.41, 5.74) is 4.58. The molecule has 2 saturated heterocycles. The van der Waals surface area contributed by atoms with E-state index in [-0.39, 0.29) is 5.82 Å². The molecule has 2 aliphatic rings. The molecular formula is C33H59FN2O2. The van der Waals surface area contributed by atoms with E-state index in [9.17, 15) is 4.39 Å². The summed E-state index contributed by atoms with van der Waals surface area (Å²) in [4.78, 5) is 4.67. The molecule has 0 aromatic heterocycles. The molecule has 2 aromatic carbocycles. The summed E-state index contributed by atoms with van der Waals surface area (Å²) in [5, 5.41) is 0. The fourth-order valence-corrected chi connectivity index (χ4v) is 3.65. The maximum atomic E-state index is 13.7. The second kappa shape index (κ2) is 26.8. The van der Waals surface area contributed by atoms with Crippen molar-refractivity contribution in [2.75, 3.05) is 52.6 Å². The van der Waals surface area contributed by atoms with Crippen molar-refractivity contribution in [3.8, 4) is 0 Å². The number of benzene rings is 2. The second-order valence-electron chi connectivity index (χ2n) is 8.04. The Morgan fingerprint density at radius 2 is 1.05 bits per heavy atom. The molecule has 0 atom stereocenters. The summed E-state index contributed by atoms with van der Waals surface area (Å²) < 4.78 is 24.3. The third-order valence-corrected chi connectivity index (χ3v) is 5.65. The van der Waals surface area contributed by atoms with Crippen LogP contribution in [0.15, 0.2) is 42.5 Å². The Hall–Kier alpha value is -1.79. The van der Waals surface area contributed by atoms with Crippen molar-refractivity contribution in [2.24, 2.45) is 0 Å². The lowest BCUT2D eigenvalue weighted by Gasteiger charge is -2.26. The van der Waals surface area contributed by atoms with Crippen LogP contribution >= 0.6 is 0 Å². The Balaban J connectivity index is 0. The van der Waals surface area contributed by atoms with E-state index in [2.05, 4.69) is 41.0 Å². The molecule has 4 nitrogen and oxygen atoms in total. The number of hydrogen-bond acceptors (Lipinski definition) is 4. The van der Waals surface area contributed by atoms with Crippen LogP contribution in [-0.2, 0) is 29.0 Å². The number of ether oxygens (including phenoxy) is 2. The van der Waals surface area contributed by atoms with Gasteiger partial charge in [0.05, 0.1) is 26.4 Å². The van der Waals surface area contributed by atoms with Crippen molar-refractivity contribution >= 4 is 0 Å².